The standard InChI is InChI=1S/C25H33N3O4S/c1-5-23(25(30)26-14-18(2)3)27(15-21-9-7-6-8-19(21)4)24(29)17-33-16-20-10-12-22(13-11-20)28(31)32/h6-13,18,23H,5,14-17H2,1-4H3,(H,26,30). The van der Waals surface area contributed by atoms with Gasteiger partial charge in [-0.05, 0) is 36.0 Å². The smallest absolute Gasteiger partial charge is 0.269 e. The molecule has 2 aromatic carbocycles. The van der Waals surface area contributed by atoms with E-state index in [1.54, 1.807) is 17.0 Å². The second-order valence-electron chi connectivity index (χ2n) is 8.43. The van der Waals surface area contributed by atoms with Gasteiger partial charge in [0.1, 0.15) is 6.04 Å². The van der Waals surface area contributed by atoms with Crippen molar-refractivity contribution in [1.29, 1.82) is 0 Å². The van der Waals surface area contributed by atoms with E-state index in [0.29, 0.717) is 31.2 Å². The van der Waals surface area contributed by atoms with Crippen LogP contribution in [0, 0.1) is 23.0 Å². The van der Waals surface area contributed by atoms with Crippen LogP contribution in [0.5, 0.6) is 0 Å². The second-order valence-corrected chi connectivity index (χ2v) is 9.41. The number of non-ortho nitro benzene ring substituents is 1. The minimum Gasteiger partial charge on any atom is -0.354 e. The summed E-state index contributed by atoms with van der Waals surface area (Å²) >= 11 is 1.44. The molecule has 2 amide bonds. The van der Waals surface area contributed by atoms with Crippen LogP contribution < -0.4 is 5.32 Å². The highest BCUT2D eigenvalue weighted by Crippen LogP contribution is 2.20. The van der Waals surface area contributed by atoms with Crippen molar-refractivity contribution in [2.75, 3.05) is 12.3 Å². The van der Waals surface area contributed by atoms with E-state index in [1.807, 2.05) is 52.0 Å². The lowest BCUT2D eigenvalue weighted by molar-refractivity contribution is -0.384. The van der Waals surface area contributed by atoms with Crippen LogP contribution in [-0.4, -0.2) is 40.0 Å². The number of hydrogen-bond acceptors (Lipinski definition) is 5. The van der Waals surface area contributed by atoms with Gasteiger partial charge < -0.3 is 10.2 Å². The van der Waals surface area contributed by atoms with E-state index in [4.69, 9.17) is 0 Å². The van der Waals surface area contributed by atoms with E-state index in [9.17, 15) is 19.7 Å². The van der Waals surface area contributed by atoms with Crippen molar-refractivity contribution in [3.05, 3.63) is 75.3 Å². The fourth-order valence-electron chi connectivity index (χ4n) is 3.37. The molecule has 0 aliphatic rings. The molecule has 33 heavy (non-hydrogen) atoms. The van der Waals surface area contributed by atoms with Crippen molar-refractivity contribution in [2.45, 2.75) is 52.5 Å². The maximum atomic E-state index is 13.3. The quantitative estimate of drug-likeness (QED) is 0.357. The number of hydrogen-bond donors (Lipinski definition) is 1. The summed E-state index contributed by atoms with van der Waals surface area (Å²) in [4.78, 5) is 38.2. The Bertz CT molecular complexity index is 947. The van der Waals surface area contributed by atoms with Gasteiger partial charge in [0.05, 0.1) is 10.7 Å². The van der Waals surface area contributed by atoms with Gasteiger partial charge in [0.15, 0.2) is 0 Å². The predicted octanol–water partition coefficient (Wildman–Crippen LogP) is 4.72. The number of rotatable bonds is 12. The van der Waals surface area contributed by atoms with E-state index in [1.165, 1.54) is 23.9 Å². The Morgan fingerprint density at radius 3 is 2.36 bits per heavy atom. The summed E-state index contributed by atoms with van der Waals surface area (Å²) in [7, 11) is 0. The number of nitrogens with zero attached hydrogens (tertiary/aromatic N) is 2. The highest BCUT2D eigenvalue weighted by Gasteiger charge is 2.28. The Labute approximate surface area is 200 Å². The zero-order chi connectivity index (χ0) is 24.4. The molecular formula is C25H33N3O4S. The topological polar surface area (TPSA) is 92.6 Å². The first-order valence-corrected chi connectivity index (χ1v) is 12.3. The Morgan fingerprint density at radius 2 is 1.79 bits per heavy atom. The first-order valence-electron chi connectivity index (χ1n) is 11.2. The molecule has 0 saturated carbocycles. The van der Waals surface area contributed by atoms with Crippen LogP contribution in [0.4, 0.5) is 5.69 Å². The second kappa shape index (κ2) is 13.0. The van der Waals surface area contributed by atoms with Crippen molar-refractivity contribution in [2.24, 2.45) is 5.92 Å². The number of nitrogens with one attached hydrogen (secondary N) is 1. The lowest BCUT2D eigenvalue weighted by Gasteiger charge is -2.31. The van der Waals surface area contributed by atoms with Gasteiger partial charge in [-0.15, -0.1) is 11.8 Å². The van der Waals surface area contributed by atoms with Crippen LogP contribution in [0.1, 0.15) is 43.9 Å². The van der Waals surface area contributed by atoms with Gasteiger partial charge in [0.2, 0.25) is 11.8 Å². The average molecular weight is 472 g/mol. The molecule has 0 bridgehead atoms. The molecule has 0 saturated heterocycles. The summed E-state index contributed by atoms with van der Waals surface area (Å²) in [5.41, 5.74) is 3.04. The third kappa shape index (κ3) is 8.20. The Kier molecular flexibility index (Phi) is 10.4. The third-order valence-corrected chi connectivity index (χ3v) is 6.30. The third-order valence-electron chi connectivity index (χ3n) is 5.31. The van der Waals surface area contributed by atoms with Gasteiger partial charge in [-0.25, -0.2) is 0 Å². The summed E-state index contributed by atoms with van der Waals surface area (Å²) in [6, 6.07) is 13.7. The first kappa shape index (κ1) is 26.4. The number of amides is 2. The highest BCUT2D eigenvalue weighted by atomic mass is 32.2. The molecule has 0 aliphatic heterocycles. The first-order chi connectivity index (χ1) is 15.7. The number of benzene rings is 2. The zero-order valence-corrected chi connectivity index (χ0v) is 20.6. The molecule has 0 fully saturated rings. The number of carbonyl (C=O) groups is 2. The number of aryl methyl sites for hydroxylation is 1. The zero-order valence-electron chi connectivity index (χ0n) is 19.7. The highest BCUT2D eigenvalue weighted by molar-refractivity contribution is 7.99. The molecule has 178 valence electrons. The van der Waals surface area contributed by atoms with Crippen molar-refractivity contribution in [1.82, 2.24) is 10.2 Å². The lowest BCUT2D eigenvalue weighted by atomic mass is 10.1. The van der Waals surface area contributed by atoms with Crippen LogP contribution in [-0.2, 0) is 21.9 Å². The fourth-order valence-corrected chi connectivity index (χ4v) is 4.24. The molecule has 0 aliphatic carbocycles. The van der Waals surface area contributed by atoms with E-state index in [0.717, 1.165) is 16.7 Å². The van der Waals surface area contributed by atoms with Crippen molar-refractivity contribution >= 4 is 29.3 Å². The summed E-state index contributed by atoms with van der Waals surface area (Å²) in [6.07, 6.45) is 0.522. The van der Waals surface area contributed by atoms with Gasteiger partial charge in [-0.3, -0.25) is 19.7 Å². The molecule has 0 aromatic heterocycles. The number of nitro benzene ring substituents is 1. The molecule has 1 N–H and O–H groups in total. The Hall–Kier alpha value is -2.87. The predicted molar refractivity (Wildman–Crippen MR) is 133 cm³/mol. The average Bonchev–Trinajstić information content (AvgIpc) is 2.79. The molecule has 1 unspecified atom stereocenters. The minimum absolute atomic E-state index is 0.0439. The number of carbonyl (C=O) groups excluding carboxylic acids is 2. The maximum Gasteiger partial charge on any atom is 0.269 e. The molecule has 8 heteroatoms. The van der Waals surface area contributed by atoms with Crippen LogP contribution in [0.2, 0.25) is 0 Å². The Morgan fingerprint density at radius 1 is 1.12 bits per heavy atom. The number of thioether (sulfide) groups is 1. The molecular weight excluding hydrogens is 438 g/mol. The van der Waals surface area contributed by atoms with Gasteiger partial charge in [-0.1, -0.05) is 57.2 Å². The summed E-state index contributed by atoms with van der Waals surface area (Å²) in [6.45, 7) is 8.93. The molecule has 7 nitrogen and oxygen atoms in total. The molecule has 2 rings (SSSR count). The lowest BCUT2D eigenvalue weighted by Crippen LogP contribution is -2.50. The van der Waals surface area contributed by atoms with E-state index in [2.05, 4.69) is 5.32 Å². The van der Waals surface area contributed by atoms with Crippen molar-refractivity contribution in [3.63, 3.8) is 0 Å². The molecule has 0 spiro atoms. The molecule has 1 atom stereocenters. The number of nitro groups is 1. The van der Waals surface area contributed by atoms with Gasteiger partial charge in [0.25, 0.3) is 5.69 Å². The fraction of sp³-hybridized carbons (Fsp3) is 0.440. The maximum absolute atomic E-state index is 13.3. The van der Waals surface area contributed by atoms with Gasteiger partial charge in [0, 0.05) is 31.0 Å². The van der Waals surface area contributed by atoms with Crippen molar-refractivity contribution < 1.29 is 14.5 Å². The van der Waals surface area contributed by atoms with Crippen LogP contribution in [0.15, 0.2) is 48.5 Å². The SMILES string of the molecule is CCC(C(=O)NCC(C)C)N(Cc1ccccc1C)C(=O)CSCc1ccc([N+](=O)[O-])cc1. The van der Waals surface area contributed by atoms with Crippen LogP contribution >= 0.6 is 11.8 Å². The summed E-state index contributed by atoms with van der Waals surface area (Å²) in [5, 5.41) is 13.8. The summed E-state index contributed by atoms with van der Waals surface area (Å²) < 4.78 is 0. The largest absolute Gasteiger partial charge is 0.354 e. The summed E-state index contributed by atoms with van der Waals surface area (Å²) in [5.74, 6) is 0.865. The van der Waals surface area contributed by atoms with Crippen LogP contribution in [0.3, 0.4) is 0 Å². The molecule has 0 heterocycles. The van der Waals surface area contributed by atoms with E-state index in [-0.39, 0.29) is 23.3 Å². The van der Waals surface area contributed by atoms with E-state index >= 15 is 0 Å². The van der Waals surface area contributed by atoms with E-state index < -0.39 is 11.0 Å². The van der Waals surface area contributed by atoms with Gasteiger partial charge >= 0.3 is 0 Å². The van der Waals surface area contributed by atoms with Gasteiger partial charge in [-0.2, -0.15) is 0 Å². The monoisotopic (exact) mass is 471 g/mol. The van der Waals surface area contributed by atoms with Crippen LogP contribution in [0.25, 0.3) is 0 Å². The molecule has 2 aromatic rings. The van der Waals surface area contributed by atoms with Crippen molar-refractivity contribution in [3.8, 4) is 0 Å². The minimum atomic E-state index is -0.546. The Balaban J connectivity index is 2.11. The molecule has 0 radical (unpaired) electrons. The normalized spacial score (nSPS) is 11.8.